The first-order chi connectivity index (χ1) is 9.81. The van der Waals surface area contributed by atoms with Crippen LogP contribution >= 0.6 is 0 Å². The molecule has 0 heterocycles. The van der Waals surface area contributed by atoms with Crippen molar-refractivity contribution in [2.75, 3.05) is 32.7 Å². The van der Waals surface area contributed by atoms with Gasteiger partial charge in [0.15, 0.2) is 0 Å². The van der Waals surface area contributed by atoms with Gasteiger partial charge < -0.3 is 14.9 Å². The fourth-order valence-electron chi connectivity index (χ4n) is 3.21. The van der Waals surface area contributed by atoms with Gasteiger partial charge in [-0.15, -0.1) is 0 Å². The Morgan fingerprint density at radius 1 is 1.00 bits per heavy atom. The van der Waals surface area contributed by atoms with Crippen molar-refractivity contribution in [3.8, 4) is 0 Å². The van der Waals surface area contributed by atoms with Crippen molar-refractivity contribution in [2.24, 2.45) is 17.3 Å². The van der Waals surface area contributed by atoms with Gasteiger partial charge in [0.25, 0.3) is 0 Å². The molecular formula is C16H30N2O3. The van der Waals surface area contributed by atoms with Crippen LogP contribution in [0.4, 0.5) is 0 Å². The van der Waals surface area contributed by atoms with Crippen molar-refractivity contribution in [3.63, 3.8) is 0 Å². The number of carbonyl (C=O) groups is 2. The van der Waals surface area contributed by atoms with E-state index >= 15 is 0 Å². The van der Waals surface area contributed by atoms with Crippen molar-refractivity contribution < 1.29 is 14.7 Å². The van der Waals surface area contributed by atoms with Crippen LogP contribution in [0.1, 0.15) is 41.0 Å². The molecule has 0 aromatic heterocycles. The quantitative estimate of drug-likeness (QED) is 0.706. The smallest absolute Gasteiger partial charge is 0.307 e. The molecule has 0 radical (unpaired) electrons. The molecule has 0 saturated heterocycles. The number of rotatable bonds is 9. The van der Waals surface area contributed by atoms with E-state index in [0.717, 1.165) is 26.1 Å². The Morgan fingerprint density at radius 3 is 1.95 bits per heavy atom. The second-order valence-electron chi connectivity index (χ2n) is 6.41. The lowest BCUT2D eigenvalue weighted by atomic mass is 10.1. The normalized spacial score (nSPS) is 23.1. The summed E-state index contributed by atoms with van der Waals surface area (Å²) in [4.78, 5) is 27.9. The number of hydrogen-bond donors (Lipinski definition) is 1. The minimum absolute atomic E-state index is 0.00875. The van der Waals surface area contributed by atoms with Crippen molar-refractivity contribution in [2.45, 2.75) is 41.0 Å². The summed E-state index contributed by atoms with van der Waals surface area (Å²) in [6.07, 6.45) is 0.937. The van der Waals surface area contributed by atoms with E-state index in [1.807, 2.05) is 25.7 Å². The fraction of sp³-hybridized carbons (Fsp3) is 0.875. The minimum atomic E-state index is -0.849. The van der Waals surface area contributed by atoms with Gasteiger partial charge >= 0.3 is 5.97 Å². The molecule has 1 saturated carbocycles. The van der Waals surface area contributed by atoms with Crippen LogP contribution in [0.3, 0.4) is 0 Å². The first-order valence-corrected chi connectivity index (χ1v) is 8.05. The van der Waals surface area contributed by atoms with Crippen LogP contribution in [0.15, 0.2) is 0 Å². The third kappa shape index (κ3) is 3.96. The van der Waals surface area contributed by atoms with E-state index in [1.54, 1.807) is 0 Å². The van der Waals surface area contributed by atoms with Crippen molar-refractivity contribution in [1.82, 2.24) is 9.80 Å². The monoisotopic (exact) mass is 298 g/mol. The number of hydrogen-bond acceptors (Lipinski definition) is 3. The third-order valence-corrected chi connectivity index (χ3v) is 4.85. The average Bonchev–Trinajstić information content (AvgIpc) is 3.01. The molecule has 1 amide bonds. The second kappa shape index (κ2) is 7.25. The molecule has 1 N–H and O–H groups in total. The summed E-state index contributed by atoms with van der Waals surface area (Å²) in [5, 5.41) is 9.20. The van der Waals surface area contributed by atoms with Crippen LogP contribution in [0.25, 0.3) is 0 Å². The maximum atomic E-state index is 12.5. The lowest BCUT2D eigenvalue weighted by Crippen LogP contribution is -2.36. The van der Waals surface area contributed by atoms with E-state index in [4.69, 9.17) is 0 Å². The SMILES string of the molecule is CCN(CC)CCCN(CC)C(=O)[C@@H]1[C@H](C(=O)O)C1(C)C. The number of amides is 1. The predicted molar refractivity (Wildman–Crippen MR) is 83.1 cm³/mol. The summed E-state index contributed by atoms with van der Waals surface area (Å²) in [5.41, 5.74) is -0.408. The van der Waals surface area contributed by atoms with E-state index in [0.29, 0.717) is 13.1 Å². The van der Waals surface area contributed by atoms with Crippen LogP contribution in [-0.2, 0) is 9.59 Å². The molecule has 122 valence electrons. The third-order valence-electron chi connectivity index (χ3n) is 4.85. The van der Waals surface area contributed by atoms with Gasteiger partial charge in [0, 0.05) is 13.1 Å². The fourth-order valence-corrected chi connectivity index (χ4v) is 3.21. The Hall–Kier alpha value is -1.10. The highest BCUT2D eigenvalue weighted by molar-refractivity contribution is 5.91. The highest BCUT2D eigenvalue weighted by Gasteiger charge is 2.66. The van der Waals surface area contributed by atoms with Gasteiger partial charge in [-0.05, 0) is 38.4 Å². The number of aliphatic carboxylic acids is 1. The molecule has 5 nitrogen and oxygen atoms in total. The zero-order valence-electron chi connectivity index (χ0n) is 14.1. The summed E-state index contributed by atoms with van der Waals surface area (Å²) >= 11 is 0. The molecule has 21 heavy (non-hydrogen) atoms. The largest absolute Gasteiger partial charge is 0.481 e. The lowest BCUT2D eigenvalue weighted by Gasteiger charge is -2.24. The molecule has 0 bridgehead atoms. The molecule has 5 heteroatoms. The van der Waals surface area contributed by atoms with E-state index < -0.39 is 17.3 Å². The molecule has 0 spiro atoms. The minimum Gasteiger partial charge on any atom is -0.481 e. The summed E-state index contributed by atoms with van der Waals surface area (Å²) < 4.78 is 0. The van der Waals surface area contributed by atoms with E-state index in [-0.39, 0.29) is 11.8 Å². The highest BCUT2D eigenvalue weighted by atomic mass is 16.4. The van der Waals surface area contributed by atoms with Crippen LogP contribution in [0, 0.1) is 17.3 Å². The number of carbonyl (C=O) groups excluding carboxylic acids is 1. The molecule has 1 aliphatic rings. The van der Waals surface area contributed by atoms with E-state index in [1.165, 1.54) is 0 Å². The maximum Gasteiger partial charge on any atom is 0.307 e. The molecule has 1 aliphatic carbocycles. The molecule has 0 aromatic carbocycles. The van der Waals surface area contributed by atoms with Gasteiger partial charge in [-0.1, -0.05) is 27.7 Å². The molecule has 2 atom stereocenters. The average molecular weight is 298 g/mol. The summed E-state index contributed by atoms with van der Waals surface area (Å²) in [5.74, 6) is -1.72. The van der Waals surface area contributed by atoms with Crippen LogP contribution in [0.2, 0.25) is 0 Å². The lowest BCUT2D eigenvalue weighted by molar-refractivity contribution is -0.142. The zero-order valence-corrected chi connectivity index (χ0v) is 14.1. The molecule has 0 aliphatic heterocycles. The Labute approximate surface area is 128 Å². The molecule has 0 unspecified atom stereocenters. The van der Waals surface area contributed by atoms with Crippen LogP contribution in [0.5, 0.6) is 0 Å². The van der Waals surface area contributed by atoms with Gasteiger partial charge in [0.05, 0.1) is 11.8 Å². The number of carboxylic acids is 1. The van der Waals surface area contributed by atoms with E-state index in [2.05, 4.69) is 18.7 Å². The highest BCUT2D eigenvalue weighted by Crippen LogP contribution is 2.59. The van der Waals surface area contributed by atoms with Crippen molar-refractivity contribution >= 4 is 11.9 Å². The van der Waals surface area contributed by atoms with Gasteiger partial charge in [-0.3, -0.25) is 9.59 Å². The predicted octanol–water partition coefficient (Wildman–Crippen LogP) is 1.92. The standard InChI is InChI=1S/C16H30N2O3/c1-6-17(7-2)10-9-11-18(8-3)14(19)12-13(15(20)21)16(12,4)5/h12-13H,6-11H2,1-5H3,(H,20,21)/t12-,13+/m0/s1. The number of carboxylic acid groups (broad SMARTS) is 1. The Balaban J connectivity index is 2.53. The topological polar surface area (TPSA) is 60.9 Å². The molecular weight excluding hydrogens is 268 g/mol. The molecule has 0 aromatic rings. The first-order valence-electron chi connectivity index (χ1n) is 8.05. The van der Waals surface area contributed by atoms with Gasteiger partial charge in [-0.2, -0.15) is 0 Å². The zero-order chi connectivity index (χ0) is 16.2. The molecule has 1 rings (SSSR count). The second-order valence-corrected chi connectivity index (χ2v) is 6.41. The summed E-state index contributed by atoms with van der Waals surface area (Å²) in [6, 6.07) is 0. The van der Waals surface area contributed by atoms with Crippen LogP contribution < -0.4 is 0 Å². The van der Waals surface area contributed by atoms with Crippen LogP contribution in [-0.4, -0.2) is 59.5 Å². The molecule has 1 fully saturated rings. The van der Waals surface area contributed by atoms with Gasteiger partial charge in [0.1, 0.15) is 0 Å². The van der Waals surface area contributed by atoms with Gasteiger partial charge in [0.2, 0.25) is 5.91 Å². The Bertz CT molecular complexity index is 378. The first kappa shape index (κ1) is 18.0. The summed E-state index contributed by atoms with van der Waals surface area (Å²) in [7, 11) is 0. The van der Waals surface area contributed by atoms with Crippen molar-refractivity contribution in [3.05, 3.63) is 0 Å². The van der Waals surface area contributed by atoms with E-state index in [9.17, 15) is 14.7 Å². The Morgan fingerprint density at radius 2 is 1.57 bits per heavy atom. The van der Waals surface area contributed by atoms with Gasteiger partial charge in [-0.25, -0.2) is 0 Å². The Kier molecular flexibility index (Phi) is 6.20. The van der Waals surface area contributed by atoms with Crippen molar-refractivity contribution in [1.29, 1.82) is 0 Å². The number of nitrogens with zero attached hydrogens (tertiary/aromatic N) is 2. The summed E-state index contributed by atoms with van der Waals surface area (Å²) in [6.45, 7) is 14.4. The maximum absolute atomic E-state index is 12.5.